The van der Waals surface area contributed by atoms with Crippen LogP contribution in [0.2, 0.25) is 0 Å². The number of hydrogen-bond donors (Lipinski definition) is 0. The molecule has 0 aliphatic carbocycles. The summed E-state index contributed by atoms with van der Waals surface area (Å²) in [4.78, 5) is 28.6. The van der Waals surface area contributed by atoms with Crippen LogP contribution in [0.15, 0.2) is 36.5 Å². The van der Waals surface area contributed by atoms with Gasteiger partial charge in [0.25, 0.3) is 0 Å². The van der Waals surface area contributed by atoms with E-state index in [9.17, 15) is 9.59 Å². The zero-order valence-corrected chi connectivity index (χ0v) is 10.2. The normalized spacial score (nSPS) is 14.9. The average Bonchev–Trinajstić information content (AvgIpc) is 2.85. The number of aromatic nitrogens is 1. The van der Waals surface area contributed by atoms with Gasteiger partial charge in [0.05, 0.1) is 12.1 Å². The van der Waals surface area contributed by atoms with Gasteiger partial charge in [-0.05, 0) is 24.3 Å². The molecule has 5 heteroatoms. The largest absolute Gasteiger partial charge is 0.415 e. The van der Waals surface area contributed by atoms with Crippen molar-refractivity contribution in [1.29, 1.82) is 0 Å². The van der Waals surface area contributed by atoms with Crippen LogP contribution in [-0.4, -0.2) is 34.8 Å². The lowest BCUT2D eigenvalue weighted by atomic mass is 10.2. The summed E-state index contributed by atoms with van der Waals surface area (Å²) in [6, 6.07) is 8.99. The smallest absolute Gasteiger partial charge is 0.410 e. The number of likely N-dealkylation sites (tertiary alicyclic amines) is 1. The topological polar surface area (TPSA) is 59.5 Å². The molecule has 1 aliphatic heterocycles. The molecule has 1 fully saturated rings. The number of amides is 1. The van der Waals surface area contributed by atoms with Crippen molar-refractivity contribution in [3.63, 3.8) is 0 Å². The second-order valence-electron chi connectivity index (χ2n) is 4.44. The van der Waals surface area contributed by atoms with Gasteiger partial charge in [-0.25, -0.2) is 4.79 Å². The van der Waals surface area contributed by atoms with Crippen molar-refractivity contribution in [2.45, 2.75) is 6.42 Å². The van der Waals surface area contributed by atoms with Gasteiger partial charge in [0, 0.05) is 24.5 Å². The molecule has 1 aromatic carbocycles. The Morgan fingerprint density at radius 3 is 3.00 bits per heavy atom. The van der Waals surface area contributed by atoms with Gasteiger partial charge in [-0.2, -0.15) is 0 Å². The fourth-order valence-electron chi connectivity index (χ4n) is 2.07. The number of pyridine rings is 1. The van der Waals surface area contributed by atoms with E-state index in [0.29, 0.717) is 18.7 Å². The van der Waals surface area contributed by atoms with Gasteiger partial charge in [0.1, 0.15) is 5.75 Å². The van der Waals surface area contributed by atoms with E-state index in [4.69, 9.17) is 4.74 Å². The number of ether oxygens (including phenoxy) is 1. The standard InChI is InChI=1S/C14H12N2O3/c17-11-5-7-16(9-11)14(18)19-12-3-4-13-10(8-12)2-1-6-15-13/h1-4,6,8H,5,7,9H2. The van der Waals surface area contributed by atoms with E-state index in [-0.39, 0.29) is 12.3 Å². The highest BCUT2D eigenvalue weighted by molar-refractivity contribution is 5.88. The predicted octanol–water partition coefficient (Wildman–Crippen LogP) is 2.01. The summed E-state index contributed by atoms with van der Waals surface area (Å²) >= 11 is 0. The summed E-state index contributed by atoms with van der Waals surface area (Å²) in [6.07, 6.45) is 1.65. The van der Waals surface area contributed by atoms with Crippen molar-refractivity contribution in [3.8, 4) is 5.75 Å². The third-order valence-corrected chi connectivity index (χ3v) is 3.07. The molecule has 0 saturated carbocycles. The van der Waals surface area contributed by atoms with Crippen molar-refractivity contribution >= 4 is 22.8 Å². The second-order valence-corrected chi connectivity index (χ2v) is 4.44. The van der Waals surface area contributed by atoms with Crippen LogP contribution in [0.5, 0.6) is 5.75 Å². The first kappa shape index (κ1) is 11.6. The molecule has 1 amide bonds. The molecule has 0 spiro atoms. The fourth-order valence-corrected chi connectivity index (χ4v) is 2.07. The number of carbonyl (C=O) groups excluding carboxylic acids is 2. The fraction of sp³-hybridized carbons (Fsp3) is 0.214. The Morgan fingerprint density at radius 1 is 1.32 bits per heavy atom. The van der Waals surface area contributed by atoms with Crippen LogP contribution in [0.1, 0.15) is 6.42 Å². The van der Waals surface area contributed by atoms with Gasteiger partial charge < -0.3 is 9.64 Å². The Balaban J connectivity index is 1.77. The molecule has 0 atom stereocenters. The van der Waals surface area contributed by atoms with Crippen molar-refractivity contribution in [2.75, 3.05) is 13.1 Å². The van der Waals surface area contributed by atoms with E-state index in [0.717, 1.165) is 10.9 Å². The lowest BCUT2D eigenvalue weighted by molar-refractivity contribution is -0.116. The van der Waals surface area contributed by atoms with Gasteiger partial charge in [-0.1, -0.05) is 6.07 Å². The van der Waals surface area contributed by atoms with E-state index in [1.54, 1.807) is 24.4 Å². The van der Waals surface area contributed by atoms with E-state index < -0.39 is 6.09 Å². The maximum atomic E-state index is 11.8. The van der Waals surface area contributed by atoms with E-state index in [2.05, 4.69) is 4.98 Å². The third-order valence-electron chi connectivity index (χ3n) is 3.07. The zero-order valence-electron chi connectivity index (χ0n) is 10.2. The van der Waals surface area contributed by atoms with E-state index in [1.807, 2.05) is 12.1 Å². The lowest BCUT2D eigenvalue weighted by Gasteiger charge is -2.14. The van der Waals surface area contributed by atoms with E-state index >= 15 is 0 Å². The zero-order chi connectivity index (χ0) is 13.2. The number of fused-ring (bicyclic) bond motifs is 1. The number of hydrogen-bond acceptors (Lipinski definition) is 4. The minimum atomic E-state index is -0.478. The average molecular weight is 256 g/mol. The third kappa shape index (κ3) is 2.40. The number of nitrogens with zero attached hydrogens (tertiary/aromatic N) is 2. The molecule has 96 valence electrons. The monoisotopic (exact) mass is 256 g/mol. The number of carbonyl (C=O) groups is 2. The molecule has 1 saturated heterocycles. The maximum Gasteiger partial charge on any atom is 0.415 e. The molecule has 2 aromatic rings. The molecule has 5 nitrogen and oxygen atoms in total. The lowest BCUT2D eigenvalue weighted by Crippen LogP contribution is -2.31. The number of rotatable bonds is 1. The highest BCUT2D eigenvalue weighted by atomic mass is 16.6. The Hall–Kier alpha value is -2.43. The summed E-state index contributed by atoms with van der Waals surface area (Å²) in [5.41, 5.74) is 0.846. The van der Waals surface area contributed by atoms with Gasteiger partial charge in [0.2, 0.25) is 0 Å². The van der Waals surface area contributed by atoms with Crippen molar-refractivity contribution in [3.05, 3.63) is 36.5 Å². The molecule has 2 heterocycles. The van der Waals surface area contributed by atoms with Crippen LogP contribution in [0.4, 0.5) is 4.79 Å². The van der Waals surface area contributed by atoms with Crippen LogP contribution in [0, 0.1) is 0 Å². The number of benzene rings is 1. The summed E-state index contributed by atoms with van der Waals surface area (Å²) in [6.45, 7) is 0.584. The van der Waals surface area contributed by atoms with Crippen LogP contribution in [0.25, 0.3) is 10.9 Å². The van der Waals surface area contributed by atoms with Gasteiger partial charge >= 0.3 is 6.09 Å². The molecule has 0 N–H and O–H groups in total. The first-order valence-corrected chi connectivity index (χ1v) is 6.05. The highest BCUT2D eigenvalue weighted by Gasteiger charge is 2.25. The van der Waals surface area contributed by atoms with Crippen LogP contribution >= 0.6 is 0 Å². The Bertz CT molecular complexity index is 654. The SMILES string of the molecule is O=C1CCN(C(=O)Oc2ccc3ncccc3c2)C1. The summed E-state index contributed by atoms with van der Waals surface area (Å²) in [5, 5.41) is 0.908. The van der Waals surface area contributed by atoms with Crippen molar-refractivity contribution in [1.82, 2.24) is 9.88 Å². The van der Waals surface area contributed by atoms with E-state index in [1.165, 1.54) is 4.90 Å². The summed E-state index contributed by atoms with van der Waals surface area (Å²) in [7, 11) is 0. The molecule has 1 aliphatic rings. The molecule has 3 rings (SSSR count). The van der Waals surface area contributed by atoms with Crippen LogP contribution in [-0.2, 0) is 4.79 Å². The number of Topliss-reactive ketones (excluding diaryl/α,β-unsaturated/α-hetero) is 1. The molecule has 1 aromatic heterocycles. The molecule has 0 unspecified atom stereocenters. The molecule has 0 radical (unpaired) electrons. The predicted molar refractivity (Wildman–Crippen MR) is 69.0 cm³/mol. The van der Waals surface area contributed by atoms with Crippen LogP contribution in [0.3, 0.4) is 0 Å². The van der Waals surface area contributed by atoms with Crippen LogP contribution < -0.4 is 4.74 Å². The van der Waals surface area contributed by atoms with Gasteiger partial charge in [-0.3, -0.25) is 9.78 Å². The first-order valence-electron chi connectivity index (χ1n) is 6.05. The minimum Gasteiger partial charge on any atom is -0.410 e. The molecular weight excluding hydrogens is 244 g/mol. The Morgan fingerprint density at radius 2 is 2.21 bits per heavy atom. The highest BCUT2D eigenvalue weighted by Crippen LogP contribution is 2.20. The van der Waals surface area contributed by atoms with Crippen molar-refractivity contribution < 1.29 is 14.3 Å². The molecule has 19 heavy (non-hydrogen) atoms. The molecular formula is C14H12N2O3. The van der Waals surface area contributed by atoms with Gasteiger partial charge in [0.15, 0.2) is 5.78 Å². The summed E-state index contributed by atoms with van der Waals surface area (Å²) < 4.78 is 5.26. The quantitative estimate of drug-likeness (QED) is 0.783. The first-order chi connectivity index (χ1) is 9.22. The maximum absolute atomic E-state index is 11.8. The Labute approximate surface area is 109 Å². The molecule has 0 bridgehead atoms. The van der Waals surface area contributed by atoms with Gasteiger partial charge in [-0.15, -0.1) is 0 Å². The summed E-state index contributed by atoms with van der Waals surface area (Å²) in [5.74, 6) is 0.532. The van der Waals surface area contributed by atoms with Crippen molar-refractivity contribution in [2.24, 2.45) is 0 Å². The second kappa shape index (κ2) is 4.68. The Kier molecular flexibility index (Phi) is 2.87. The minimum absolute atomic E-state index is 0.0691. The number of ketones is 1.